The first-order chi connectivity index (χ1) is 8.60. The zero-order valence-electron chi connectivity index (χ0n) is 10.5. The molecule has 0 bridgehead atoms. The van der Waals surface area contributed by atoms with E-state index in [4.69, 9.17) is 17.3 Å². The first-order valence-corrected chi connectivity index (χ1v) is 7.03. The number of halogens is 1. The Morgan fingerprint density at radius 3 is 2.50 bits per heavy atom. The van der Waals surface area contributed by atoms with Crippen LogP contribution < -0.4 is 5.73 Å². The first kappa shape index (κ1) is 13.5. The van der Waals surface area contributed by atoms with E-state index in [9.17, 15) is 0 Å². The van der Waals surface area contributed by atoms with Crippen LogP contribution in [-0.4, -0.2) is 0 Å². The van der Waals surface area contributed by atoms with Crippen LogP contribution in [0.25, 0.3) is 0 Å². The molecule has 94 valence electrons. The van der Waals surface area contributed by atoms with Crippen molar-refractivity contribution in [2.75, 3.05) is 0 Å². The molecule has 0 saturated heterocycles. The van der Waals surface area contributed by atoms with Crippen molar-refractivity contribution in [3.05, 3.63) is 58.1 Å². The molecule has 0 aliphatic rings. The van der Waals surface area contributed by atoms with Crippen LogP contribution in [0.5, 0.6) is 0 Å². The molecule has 0 spiro atoms. The number of hydrogen-bond acceptors (Lipinski definition) is 2. The van der Waals surface area contributed by atoms with Gasteiger partial charge in [0.2, 0.25) is 0 Å². The van der Waals surface area contributed by atoms with Crippen LogP contribution in [0, 0.1) is 13.8 Å². The van der Waals surface area contributed by atoms with Crippen molar-refractivity contribution < 1.29 is 0 Å². The number of benzene rings is 2. The largest absolute Gasteiger partial charge is 0.326 e. The second-order valence-electron chi connectivity index (χ2n) is 4.30. The molecule has 0 amide bonds. The van der Waals surface area contributed by atoms with Crippen LogP contribution in [0.2, 0.25) is 5.02 Å². The van der Waals surface area contributed by atoms with Crippen LogP contribution in [-0.2, 0) is 6.54 Å². The van der Waals surface area contributed by atoms with Crippen molar-refractivity contribution >= 4 is 23.4 Å². The molecule has 2 aromatic carbocycles. The first-order valence-electron chi connectivity index (χ1n) is 5.84. The summed E-state index contributed by atoms with van der Waals surface area (Å²) in [6, 6.07) is 12.4. The Morgan fingerprint density at radius 2 is 1.83 bits per heavy atom. The van der Waals surface area contributed by atoms with Gasteiger partial charge in [0.25, 0.3) is 0 Å². The van der Waals surface area contributed by atoms with Gasteiger partial charge in [0.15, 0.2) is 0 Å². The quantitative estimate of drug-likeness (QED) is 0.890. The SMILES string of the molecule is Cc1ccc(Sc2ccc(Cl)cc2CN)cc1C. The second kappa shape index (κ2) is 5.79. The summed E-state index contributed by atoms with van der Waals surface area (Å²) in [6.07, 6.45) is 0. The maximum Gasteiger partial charge on any atom is 0.0410 e. The Labute approximate surface area is 117 Å². The van der Waals surface area contributed by atoms with Crippen molar-refractivity contribution in [2.45, 2.75) is 30.2 Å². The van der Waals surface area contributed by atoms with Crippen molar-refractivity contribution in [3.63, 3.8) is 0 Å². The van der Waals surface area contributed by atoms with Crippen LogP contribution in [0.4, 0.5) is 0 Å². The fraction of sp³-hybridized carbons (Fsp3) is 0.200. The molecule has 0 fully saturated rings. The topological polar surface area (TPSA) is 26.0 Å². The van der Waals surface area contributed by atoms with Gasteiger partial charge in [-0.25, -0.2) is 0 Å². The highest BCUT2D eigenvalue weighted by molar-refractivity contribution is 7.99. The highest BCUT2D eigenvalue weighted by Crippen LogP contribution is 2.32. The number of nitrogens with two attached hydrogens (primary N) is 1. The van der Waals surface area contributed by atoms with Crippen LogP contribution in [0.1, 0.15) is 16.7 Å². The highest BCUT2D eigenvalue weighted by Gasteiger charge is 2.05. The van der Waals surface area contributed by atoms with E-state index < -0.39 is 0 Å². The van der Waals surface area contributed by atoms with Gasteiger partial charge in [0.05, 0.1) is 0 Å². The van der Waals surface area contributed by atoms with Gasteiger partial charge in [0.1, 0.15) is 0 Å². The molecular weight excluding hydrogens is 262 g/mol. The van der Waals surface area contributed by atoms with Gasteiger partial charge in [-0.3, -0.25) is 0 Å². The Kier molecular flexibility index (Phi) is 4.33. The summed E-state index contributed by atoms with van der Waals surface area (Å²) in [4.78, 5) is 2.40. The van der Waals surface area contributed by atoms with Gasteiger partial charge in [-0.05, 0) is 60.9 Å². The third-order valence-electron chi connectivity index (χ3n) is 2.95. The summed E-state index contributed by atoms with van der Waals surface area (Å²) >= 11 is 7.71. The fourth-order valence-electron chi connectivity index (χ4n) is 1.71. The number of hydrogen-bond donors (Lipinski definition) is 1. The molecular formula is C15H16ClNS. The molecule has 18 heavy (non-hydrogen) atoms. The predicted octanol–water partition coefficient (Wildman–Crippen LogP) is 4.57. The van der Waals surface area contributed by atoms with Gasteiger partial charge in [0, 0.05) is 21.4 Å². The lowest BCUT2D eigenvalue weighted by Gasteiger charge is -2.09. The third kappa shape index (κ3) is 3.08. The molecule has 0 radical (unpaired) electrons. The monoisotopic (exact) mass is 277 g/mol. The minimum Gasteiger partial charge on any atom is -0.326 e. The lowest BCUT2D eigenvalue weighted by Crippen LogP contribution is -1.98. The summed E-state index contributed by atoms with van der Waals surface area (Å²) in [5.74, 6) is 0. The molecule has 0 aliphatic heterocycles. The fourth-order valence-corrected chi connectivity index (χ4v) is 2.94. The van der Waals surface area contributed by atoms with E-state index in [1.807, 2.05) is 18.2 Å². The van der Waals surface area contributed by atoms with Crippen molar-refractivity contribution in [1.29, 1.82) is 0 Å². The van der Waals surface area contributed by atoms with Crippen molar-refractivity contribution in [1.82, 2.24) is 0 Å². The van der Waals surface area contributed by atoms with E-state index in [0.29, 0.717) is 6.54 Å². The standard InChI is InChI=1S/C15H16ClNS/c1-10-3-5-14(7-11(10)2)18-15-6-4-13(16)8-12(15)9-17/h3-8H,9,17H2,1-2H3. The van der Waals surface area contributed by atoms with Gasteiger partial charge in [-0.2, -0.15) is 0 Å². The highest BCUT2D eigenvalue weighted by atomic mass is 35.5. The Balaban J connectivity index is 2.30. The number of aryl methyl sites for hydroxylation is 2. The lowest BCUT2D eigenvalue weighted by atomic mass is 10.1. The molecule has 2 N–H and O–H groups in total. The Hall–Kier alpha value is -0.960. The van der Waals surface area contributed by atoms with E-state index in [-0.39, 0.29) is 0 Å². The molecule has 0 unspecified atom stereocenters. The molecule has 2 rings (SSSR count). The molecule has 3 heteroatoms. The molecule has 0 aliphatic carbocycles. The lowest BCUT2D eigenvalue weighted by molar-refractivity contribution is 1.03. The molecule has 2 aromatic rings. The summed E-state index contributed by atoms with van der Waals surface area (Å²) in [7, 11) is 0. The van der Waals surface area contributed by atoms with Gasteiger partial charge < -0.3 is 5.73 Å². The molecule has 0 heterocycles. The number of rotatable bonds is 3. The average molecular weight is 278 g/mol. The molecule has 0 saturated carbocycles. The van der Waals surface area contributed by atoms with Gasteiger partial charge in [-0.15, -0.1) is 0 Å². The minimum atomic E-state index is 0.508. The van der Waals surface area contributed by atoms with E-state index in [2.05, 4.69) is 32.0 Å². The average Bonchev–Trinajstić information content (AvgIpc) is 2.36. The zero-order valence-corrected chi connectivity index (χ0v) is 12.1. The van der Waals surface area contributed by atoms with E-state index >= 15 is 0 Å². The second-order valence-corrected chi connectivity index (χ2v) is 5.86. The van der Waals surface area contributed by atoms with Gasteiger partial charge >= 0.3 is 0 Å². The van der Waals surface area contributed by atoms with Crippen molar-refractivity contribution in [2.24, 2.45) is 5.73 Å². The maximum atomic E-state index is 5.98. The van der Waals surface area contributed by atoms with E-state index in [0.717, 1.165) is 10.6 Å². The zero-order chi connectivity index (χ0) is 13.1. The smallest absolute Gasteiger partial charge is 0.0410 e. The summed E-state index contributed by atoms with van der Waals surface area (Å²) in [6.45, 7) is 4.76. The molecule has 0 aromatic heterocycles. The Bertz CT molecular complexity index is 566. The Morgan fingerprint density at radius 1 is 1.06 bits per heavy atom. The van der Waals surface area contributed by atoms with Gasteiger partial charge in [-0.1, -0.05) is 29.4 Å². The summed E-state index contributed by atoms with van der Waals surface area (Å²) in [5, 5.41) is 0.736. The maximum absolute atomic E-state index is 5.98. The molecule has 0 atom stereocenters. The summed E-state index contributed by atoms with van der Waals surface area (Å²) < 4.78 is 0. The third-order valence-corrected chi connectivity index (χ3v) is 4.29. The van der Waals surface area contributed by atoms with Crippen LogP contribution >= 0.6 is 23.4 Å². The van der Waals surface area contributed by atoms with Crippen LogP contribution in [0.3, 0.4) is 0 Å². The molecule has 1 nitrogen and oxygen atoms in total. The minimum absolute atomic E-state index is 0.508. The van der Waals surface area contributed by atoms with E-state index in [1.54, 1.807) is 11.8 Å². The summed E-state index contributed by atoms with van der Waals surface area (Å²) in [5.41, 5.74) is 9.47. The predicted molar refractivity (Wildman–Crippen MR) is 79.4 cm³/mol. The van der Waals surface area contributed by atoms with Crippen molar-refractivity contribution in [3.8, 4) is 0 Å². The van der Waals surface area contributed by atoms with Crippen LogP contribution in [0.15, 0.2) is 46.2 Å². The van der Waals surface area contributed by atoms with E-state index in [1.165, 1.54) is 20.9 Å². The normalized spacial score (nSPS) is 10.7.